The maximum Gasteiger partial charge on any atom is 0.371 e. The maximum atomic E-state index is 11.9. The highest BCUT2D eigenvalue weighted by Crippen LogP contribution is 2.48. The van der Waals surface area contributed by atoms with Crippen LogP contribution in [-0.2, 0) is 10.0 Å². The summed E-state index contributed by atoms with van der Waals surface area (Å²) in [5.74, 6) is -1.67. The summed E-state index contributed by atoms with van der Waals surface area (Å²) < 4.78 is 31.0. The Morgan fingerprint density at radius 3 is 2.61 bits per heavy atom. The molecule has 0 atom stereocenters. The van der Waals surface area contributed by atoms with Gasteiger partial charge in [0.2, 0.25) is 10.9 Å². The summed E-state index contributed by atoms with van der Waals surface area (Å²) >= 11 is 0. The second-order valence-corrected chi connectivity index (χ2v) is 6.30. The monoisotopic (exact) mass is 273 g/mol. The first kappa shape index (κ1) is 13.1. The molecule has 18 heavy (non-hydrogen) atoms. The van der Waals surface area contributed by atoms with Crippen molar-refractivity contribution in [1.29, 1.82) is 0 Å². The number of hydrogen-bond donors (Lipinski definition) is 2. The molecule has 0 spiro atoms. The van der Waals surface area contributed by atoms with Crippen molar-refractivity contribution in [3.63, 3.8) is 0 Å². The molecular weight excluding hydrogens is 258 g/mol. The highest BCUT2D eigenvalue weighted by atomic mass is 32.2. The molecule has 0 aliphatic heterocycles. The number of hydrogen-bond acceptors (Lipinski definition) is 4. The SMILES string of the molecule is CCC1(CNS(=O)(=O)c2ccc(C(=O)O)o2)CC1. The van der Waals surface area contributed by atoms with Gasteiger partial charge in [-0.25, -0.2) is 17.9 Å². The molecule has 100 valence electrons. The average molecular weight is 273 g/mol. The van der Waals surface area contributed by atoms with Gasteiger partial charge in [0.25, 0.3) is 10.0 Å². The second kappa shape index (κ2) is 4.40. The molecule has 0 saturated heterocycles. The van der Waals surface area contributed by atoms with Gasteiger partial charge in [0.05, 0.1) is 0 Å². The number of sulfonamides is 1. The minimum Gasteiger partial charge on any atom is -0.475 e. The third-order valence-corrected chi connectivity index (χ3v) is 4.67. The number of aromatic carboxylic acids is 1. The quantitative estimate of drug-likeness (QED) is 0.817. The lowest BCUT2D eigenvalue weighted by Crippen LogP contribution is -2.29. The lowest BCUT2D eigenvalue weighted by molar-refractivity contribution is 0.0656. The molecule has 6 nitrogen and oxygen atoms in total. The Balaban J connectivity index is 2.08. The Morgan fingerprint density at radius 1 is 1.50 bits per heavy atom. The molecule has 0 amide bonds. The van der Waals surface area contributed by atoms with Crippen LogP contribution in [0.25, 0.3) is 0 Å². The fourth-order valence-electron chi connectivity index (χ4n) is 1.73. The van der Waals surface area contributed by atoms with Crippen molar-refractivity contribution in [2.75, 3.05) is 6.54 Å². The molecule has 1 aromatic rings. The molecular formula is C11H15NO5S. The van der Waals surface area contributed by atoms with Crippen molar-refractivity contribution in [2.45, 2.75) is 31.3 Å². The third kappa shape index (κ3) is 2.56. The Hall–Kier alpha value is -1.34. The van der Waals surface area contributed by atoms with E-state index in [1.165, 1.54) is 0 Å². The summed E-state index contributed by atoms with van der Waals surface area (Å²) in [5.41, 5.74) is 0.0787. The lowest BCUT2D eigenvalue weighted by atomic mass is 10.1. The zero-order valence-corrected chi connectivity index (χ0v) is 10.8. The van der Waals surface area contributed by atoms with Crippen LogP contribution in [0.15, 0.2) is 21.6 Å². The molecule has 2 rings (SSSR count). The van der Waals surface area contributed by atoms with E-state index in [1.807, 2.05) is 6.92 Å². The molecule has 1 saturated carbocycles. The van der Waals surface area contributed by atoms with E-state index in [1.54, 1.807) is 0 Å². The standard InChI is InChI=1S/C11H15NO5S/c1-2-11(5-6-11)7-12-18(15,16)9-4-3-8(17-9)10(13)14/h3-4,12H,2,5-7H2,1H3,(H,13,14). The Morgan fingerprint density at radius 2 is 2.17 bits per heavy atom. The van der Waals surface area contributed by atoms with Crippen molar-refractivity contribution in [3.8, 4) is 0 Å². The molecule has 1 aliphatic carbocycles. The fraction of sp³-hybridized carbons (Fsp3) is 0.545. The van der Waals surface area contributed by atoms with Crippen molar-refractivity contribution < 1.29 is 22.7 Å². The Labute approximate surface area is 105 Å². The molecule has 1 heterocycles. The van der Waals surface area contributed by atoms with Crippen LogP contribution in [0.5, 0.6) is 0 Å². The van der Waals surface area contributed by atoms with Gasteiger partial charge >= 0.3 is 5.97 Å². The van der Waals surface area contributed by atoms with Gasteiger partial charge in [0.1, 0.15) is 0 Å². The third-order valence-electron chi connectivity index (χ3n) is 3.40. The fourth-order valence-corrected chi connectivity index (χ4v) is 2.82. The van der Waals surface area contributed by atoms with Gasteiger partial charge in [-0.05, 0) is 36.8 Å². The van der Waals surface area contributed by atoms with Gasteiger partial charge in [-0.15, -0.1) is 0 Å². The van der Waals surface area contributed by atoms with Gasteiger partial charge in [0.15, 0.2) is 0 Å². The molecule has 0 bridgehead atoms. The largest absolute Gasteiger partial charge is 0.475 e. The molecule has 7 heteroatoms. The zero-order valence-electron chi connectivity index (χ0n) is 9.97. The highest BCUT2D eigenvalue weighted by Gasteiger charge is 2.41. The number of furan rings is 1. The maximum absolute atomic E-state index is 11.9. The van der Waals surface area contributed by atoms with E-state index in [4.69, 9.17) is 9.52 Å². The first-order valence-corrected chi connectivity index (χ1v) is 7.20. The van der Waals surface area contributed by atoms with Crippen LogP contribution in [0.2, 0.25) is 0 Å². The number of carboxylic acid groups (broad SMARTS) is 1. The number of nitrogens with one attached hydrogen (secondary N) is 1. The van der Waals surface area contributed by atoms with Crippen molar-refractivity contribution in [3.05, 3.63) is 17.9 Å². The number of carbonyl (C=O) groups is 1. The lowest BCUT2D eigenvalue weighted by Gasteiger charge is -2.12. The van der Waals surface area contributed by atoms with E-state index in [9.17, 15) is 13.2 Å². The van der Waals surface area contributed by atoms with Crippen molar-refractivity contribution in [2.24, 2.45) is 5.41 Å². The molecule has 0 aromatic carbocycles. The number of carboxylic acids is 1. The smallest absolute Gasteiger partial charge is 0.371 e. The van der Waals surface area contributed by atoms with Crippen LogP contribution in [0, 0.1) is 5.41 Å². The van der Waals surface area contributed by atoms with Gasteiger partial charge in [-0.3, -0.25) is 0 Å². The predicted molar refractivity (Wildman–Crippen MR) is 62.8 cm³/mol. The van der Waals surface area contributed by atoms with Crippen LogP contribution in [0.3, 0.4) is 0 Å². The van der Waals surface area contributed by atoms with Crippen molar-refractivity contribution >= 4 is 16.0 Å². The van der Waals surface area contributed by atoms with E-state index in [0.717, 1.165) is 31.4 Å². The van der Waals surface area contributed by atoms with E-state index in [0.29, 0.717) is 6.54 Å². The molecule has 1 fully saturated rings. The van der Waals surface area contributed by atoms with E-state index < -0.39 is 16.0 Å². The van der Waals surface area contributed by atoms with Gasteiger partial charge in [-0.2, -0.15) is 0 Å². The van der Waals surface area contributed by atoms with E-state index in [2.05, 4.69) is 4.72 Å². The summed E-state index contributed by atoms with van der Waals surface area (Å²) in [6.45, 7) is 2.39. The van der Waals surface area contributed by atoms with E-state index >= 15 is 0 Å². The van der Waals surface area contributed by atoms with Crippen molar-refractivity contribution in [1.82, 2.24) is 4.72 Å². The normalized spacial score (nSPS) is 17.6. The van der Waals surface area contributed by atoms with E-state index in [-0.39, 0.29) is 16.3 Å². The molecule has 1 aliphatic rings. The topological polar surface area (TPSA) is 96.6 Å². The van der Waals surface area contributed by atoms with Crippen LogP contribution in [0.4, 0.5) is 0 Å². The first-order valence-electron chi connectivity index (χ1n) is 5.71. The first-order chi connectivity index (χ1) is 8.38. The molecule has 0 radical (unpaired) electrons. The summed E-state index contributed by atoms with van der Waals surface area (Å²) in [4.78, 5) is 10.6. The summed E-state index contributed by atoms with van der Waals surface area (Å²) in [6, 6.07) is 2.28. The second-order valence-electron chi connectivity index (χ2n) is 4.60. The highest BCUT2D eigenvalue weighted by molar-refractivity contribution is 7.89. The molecule has 0 unspecified atom stereocenters. The zero-order chi connectivity index (χ0) is 13.4. The summed E-state index contributed by atoms with van der Waals surface area (Å²) in [5, 5.41) is 8.31. The minimum absolute atomic E-state index is 0.0787. The van der Waals surface area contributed by atoms with Crippen LogP contribution < -0.4 is 4.72 Å². The molecule has 2 N–H and O–H groups in total. The van der Waals surface area contributed by atoms with Crippen LogP contribution in [-0.4, -0.2) is 26.0 Å². The van der Waals surface area contributed by atoms with Gasteiger partial charge < -0.3 is 9.52 Å². The molecule has 1 aromatic heterocycles. The number of rotatable bonds is 6. The minimum atomic E-state index is -3.76. The Bertz CT molecular complexity index is 556. The van der Waals surface area contributed by atoms with Crippen LogP contribution >= 0.6 is 0 Å². The summed E-state index contributed by atoms with van der Waals surface area (Å²) in [6.07, 6.45) is 2.96. The van der Waals surface area contributed by atoms with Gasteiger partial charge in [0, 0.05) is 6.54 Å². The predicted octanol–water partition coefficient (Wildman–Crippen LogP) is 1.45. The van der Waals surface area contributed by atoms with Crippen LogP contribution in [0.1, 0.15) is 36.7 Å². The van der Waals surface area contributed by atoms with Gasteiger partial charge in [-0.1, -0.05) is 6.92 Å². The summed E-state index contributed by atoms with van der Waals surface area (Å²) in [7, 11) is -3.76. The Kier molecular flexibility index (Phi) is 3.20. The average Bonchev–Trinajstić information content (AvgIpc) is 2.91.